The van der Waals surface area contributed by atoms with Crippen LogP contribution in [-0.4, -0.2) is 31.4 Å². The summed E-state index contributed by atoms with van der Waals surface area (Å²) in [5.41, 5.74) is 1.13. The third-order valence-corrected chi connectivity index (χ3v) is 4.54. The number of anilines is 1. The summed E-state index contributed by atoms with van der Waals surface area (Å²) in [6, 6.07) is 12.7. The molecule has 0 bridgehead atoms. The highest BCUT2D eigenvalue weighted by atomic mass is 35.5. The van der Waals surface area contributed by atoms with E-state index >= 15 is 0 Å². The monoisotopic (exact) mass is 377 g/mol. The van der Waals surface area contributed by atoms with E-state index < -0.39 is 11.1 Å². The van der Waals surface area contributed by atoms with Crippen molar-refractivity contribution >= 4 is 35.0 Å². The first-order valence-corrected chi connectivity index (χ1v) is 8.56. The number of aromatic nitrogens is 4. The Morgan fingerprint density at radius 1 is 1.28 bits per heavy atom. The van der Waals surface area contributed by atoms with Gasteiger partial charge in [0.05, 0.1) is 10.9 Å². The van der Waals surface area contributed by atoms with Crippen molar-refractivity contribution in [3.8, 4) is 5.69 Å². The van der Waals surface area contributed by atoms with Gasteiger partial charge in [0, 0.05) is 10.7 Å². The fraction of sp³-hybridized carbons (Fsp3) is 0.125. The van der Waals surface area contributed by atoms with Crippen molar-refractivity contribution in [1.82, 2.24) is 20.2 Å². The molecule has 0 aliphatic carbocycles. The first-order chi connectivity index (χ1) is 12.0. The third-order valence-electron chi connectivity index (χ3n) is 3.26. The van der Waals surface area contributed by atoms with E-state index in [9.17, 15) is 9.18 Å². The number of nitrogens with zero attached hydrogens (tertiary/aromatic N) is 4. The highest BCUT2D eigenvalue weighted by Crippen LogP contribution is 2.24. The van der Waals surface area contributed by atoms with Crippen molar-refractivity contribution < 1.29 is 9.18 Å². The van der Waals surface area contributed by atoms with Gasteiger partial charge in [-0.05, 0) is 59.8 Å². The first kappa shape index (κ1) is 17.4. The normalized spacial score (nSPS) is 12.0. The van der Waals surface area contributed by atoms with Crippen LogP contribution in [0.1, 0.15) is 6.92 Å². The predicted octanol–water partition coefficient (Wildman–Crippen LogP) is 3.57. The zero-order valence-corrected chi connectivity index (χ0v) is 14.6. The number of benzene rings is 2. The molecule has 0 radical (unpaired) electrons. The molecular weight excluding hydrogens is 365 g/mol. The lowest BCUT2D eigenvalue weighted by Gasteiger charge is -2.11. The maximum atomic E-state index is 13.4. The lowest BCUT2D eigenvalue weighted by Crippen LogP contribution is -2.22. The van der Waals surface area contributed by atoms with Gasteiger partial charge in [-0.25, -0.2) is 4.39 Å². The molecule has 1 heterocycles. The summed E-state index contributed by atoms with van der Waals surface area (Å²) < 4.78 is 14.8. The van der Waals surface area contributed by atoms with Crippen molar-refractivity contribution in [3.05, 3.63) is 59.4 Å². The van der Waals surface area contributed by atoms with Crippen LogP contribution in [0.5, 0.6) is 0 Å². The fourth-order valence-corrected chi connectivity index (χ4v) is 2.94. The molecule has 3 rings (SSSR count). The Kier molecular flexibility index (Phi) is 5.30. The molecule has 0 spiro atoms. The van der Waals surface area contributed by atoms with Gasteiger partial charge in [0.2, 0.25) is 11.1 Å². The van der Waals surface area contributed by atoms with E-state index in [0.717, 1.165) is 0 Å². The summed E-state index contributed by atoms with van der Waals surface area (Å²) in [6.45, 7) is 1.74. The van der Waals surface area contributed by atoms with Crippen molar-refractivity contribution in [1.29, 1.82) is 0 Å². The average Bonchev–Trinajstić information content (AvgIpc) is 3.05. The van der Waals surface area contributed by atoms with Crippen LogP contribution in [0.2, 0.25) is 5.02 Å². The number of tetrazole rings is 1. The number of carbonyl (C=O) groups is 1. The molecular formula is C16H13ClFN5OS. The summed E-state index contributed by atoms with van der Waals surface area (Å²) >= 11 is 7.00. The molecule has 0 fully saturated rings. The van der Waals surface area contributed by atoms with Crippen LogP contribution in [0.25, 0.3) is 5.69 Å². The summed E-state index contributed by atoms with van der Waals surface area (Å²) in [4.78, 5) is 12.3. The number of amides is 1. The second-order valence-electron chi connectivity index (χ2n) is 5.11. The Bertz CT molecular complexity index is 886. The smallest absolute Gasteiger partial charge is 0.237 e. The minimum absolute atomic E-state index is 0.207. The Hall–Kier alpha value is -2.45. The van der Waals surface area contributed by atoms with E-state index in [1.807, 2.05) is 0 Å². The molecule has 2 aromatic carbocycles. The summed E-state index contributed by atoms with van der Waals surface area (Å²) in [5, 5.41) is 14.7. The molecule has 1 aromatic heterocycles. The van der Waals surface area contributed by atoms with Crippen LogP contribution in [0, 0.1) is 5.82 Å². The van der Waals surface area contributed by atoms with Crippen LogP contribution >= 0.6 is 23.4 Å². The van der Waals surface area contributed by atoms with Crippen LogP contribution in [0.4, 0.5) is 10.1 Å². The molecule has 0 aliphatic heterocycles. The van der Waals surface area contributed by atoms with Crippen LogP contribution in [0.15, 0.2) is 53.7 Å². The predicted molar refractivity (Wildman–Crippen MR) is 94.5 cm³/mol. The lowest BCUT2D eigenvalue weighted by molar-refractivity contribution is -0.115. The van der Waals surface area contributed by atoms with Crippen molar-refractivity contribution in [2.45, 2.75) is 17.3 Å². The summed E-state index contributed by atoms with van der Waals surface area (Å²) in [7, 11) is 0. The van der Waals surface area contributed by atoms with Crippen molar-refractivity contribution in [3.63, 3.8) is 0 Å². The van der Waals surface area contributed by atoms with Crippen LogP contribution in [-0.2, 0) is 4.79 Å². The van der Waals surface area contributed by atoms with E-state index in [2.05, 4.69) is 20.8 Å². The average molecular weight is 378 g/mol. The van der Waals surface area contributed by atoms with Gasteiger partial charge in [0.1, 0.15) is 5.82 Å². The van der Waals surface area contributed by atoms with Crippen LogP contribution < -0.4 is 5.32 Å². The second-order valence-corrected chi connectivity index (χ2v) is 6.85. The van der Waals surface area contributed by atoms with Crippen molar-refractivity contribution in [2.24, 2.45) is 0 Å². The maximum Gasteiger partial charge on any atom is 0.237 e. The number of rotatable bonds is 5. The van der Waals surface area contributed by atoms with E-state index in [0.29, 0.717) is 21.6 Å². The Balaban J connectivity index is 1.71. The zero-order valence-electron chi connectivity index (χ0n) is 13.1. The number of carbonyl (C=O) groups excluding carboxylic acids is 1. The Morgan fingerprint density at radius 3 is 2.76 bits per heavy atom. The largest absolute Gasteiger partial charge is 0.325 e. The van der Waals surface area contributed by atoms with E-state index in [1.165, 1.54) is 28.6 Å². The molecule has 128 valence electrons. The van der Waals surface area contributed by atoms with Gasteiger partial charge < -0.3 is 5.32 Å². The third kappa shape index (κ3) is 4.34. The number of hydrogen-bond acceptors (Lipinski definition) is 5. The maximum absolute atomic E-state index is 13.4. The first-order valence-electron chi connectivity index (χ1n) is 7.30. The molecule has 9 heteroatoms. The zero-order chi connectivity index (χ0) is 17.8. The topological polar surface area (TPSA) is 72.7 Å². The Morgan fingerprint density at radius 2 is 2.04 bits per heavy atom. The molecule has 3 aromatic rings. The van der Waals surface area contributed by atoms with Gasteiger partial charge in [0.25, 0.3) is 0 Å². The van der Waals surface area contributed by atoms with Gasteiger partial charge in [0.15, 0.2) is 0 Å². The second kappa shape index (κ2) is 7.62. The highest BCUT2D eigenvalue weighted by Gasteiger charge is 2.19. The van der Waals surface area contributed by atoms with Crippen molar-refractivity contribution in [2.75, 3.05) is 5.32 Å². The minimum Gasteiger partial charge on any atom is -0.325 e. The molecule has 1 atom stereocenters. The lowest BCUT2D eigenvalue weighted by atomic mass is 10.3. The van der Waals surface area contributed by atoms with Crippen LogP contribution in [0.3, 0.4) is 0 Å². The molecule has 25 heavy (non-hydrogen) atoms. The molecule has 1 amide bonds. The number of thioether (sulfide) groups is 1. The molecule has 1 N–H and O–H groups in total. The van der Waals surface area contributed by atoms with E-state index in [1.54, 1.807) is 43.3 Å². The van der Waals surface area contributed by atoms with Gasteiger partial charge in [-0.2, -0.15) is 4.68 Å². The van der Waals surface area contributed by atoms with E-state index in [-0.39, 0.29) is 5.91 Å². The van der Waals surface area contributed by atoms with Gasteiger partial charge in [-0.1, -0.05) is 29.4 Å². The SMILES string of the molecule is C[C@@H](Sc1nnnn1-c1cccc(F)c1)C(=O)Nc1ccc(Cl)cc1. The highest BCUT2D eigenvalue weighted by molar-refractivity contribution is 8.00. The number of hydrogen-bond donors (Lipinski definition) is 1. The standard InChI is InChI=1S/C16H13ClFN5OS/c1-10(15(24)19-13-7-5-11(17)6-8-13)25-16-20-21-22-23(16)14-4-2-3-12(18)9-14/h2-10H,1H3,(H,19,24)/t10-/m1/s1. The Labute approximate surface area is 152 Å². The quantitative estimate of drug-likeness (QED) is 0.688. The minimum atomic E-state index is -0.464. The molecule has 6 nitrogen and oxygen atoms in total. The fourth-order valence-electron chi connectivity index (χ4n) is 2.01. The molecule has 0 saturated heterocycles. The van der Waals surface area contributed by atoms with Gasteiger partial charge in [-0.3, -0.25) is 4.79 Å². The summed E-state index contributed by atoms with van der Waals surface area (Å²) in [5.74, 6) is -0.599. The number of halogens is 2. The molecule has 0 aliphatic rings. The molecule has 0 unspecified atom stereocenters. The number of nitrogens with one attached hydrogen (secondary N) is 1. The van der Waals surface area contributed by atoms with Gasteiger partial charge in [-0.15, -0.1) is 5.10 Å². The summed E-state index contributed by atoms with van der Waals surface area (Å²) in [6.07, 6.45) is 0. The van der Waals surface area contributed by atoms with E-state index in [4.69, 9.17) is 11.6 Å². The van der Waals surface area contributed by atoms with Gasteiger partial charge >= 0.3 is 0 Å². The molecule has 0 saturated carbocycles.